The van der Waals surface area contributed by atoms with Crippen LogP contribution in [0.15, 0.2) is 54.9 Å². The minimum Gasteiger partial charge on any atom is -0.494 e. The number of nitrogens with zero attached hydrogens (tertiary/aromatic N) is 6. The highest BCUT2D eigenvalue weighted by atomic mass is 32.2. The monoisotopic (exact) mass is 555 g/mol. The van der Waals surface area contributed by atoms with E-state index in [2.05, 4.69) is 15.3 Å². The molecular formula is C25H29N7O6S. The van der Waals surface area contributed by atoms with Gasteiger partial charge in [0.25, 0.3) is 5.69 Å². The summed E-state index contributed by atoms with van der Waals surface area (Å²) in [5.74, 6) is 0.793. The maximum absolute atomic E-state index is 12.6. The maximum Gasteiger partial charge on any atom is 0.295 e. The number of nitrogens with one attached hydrogen (secondary N) is 1. The van der Waals surface area contributed by atoms with Crippen molar-refractivity contribution >= 4 is 43.9 Å². The summed E-state index contributed by atoms with van der Waals surface area (Å²) in [4.78, 5) is 22.0. The molecule has 13 nitrogen and oxygen atoms in total. The number of ether oxygens (including phenoxy) is 1. The molecule has 0 aliphatic heterocycles. The zero-order chi connectivity index (χ0) is 28.3. The first-order chi connectivity index (χ1) is 18.5. The molecule has 0 saturated heterocycles. The number of sulfonamides is 1. The van der Waals surface area contributed by atoms with Crippen molar-refractivity contribution in [2.45, 2.75) is 6.61 Å². The predicted octanol–water partition coefficient (Wildman–Crippen LogP) is 2.90. The van der Waals surface area contributed by atoms with Gasteiger partial charge in [-0.25, -0.2) is 13.4 Å². The molecule has 0 spiro atoms. The first kappa shape index (κ1) is 27.8. The van der Waals surface area contributed by atoms with Crippen LogP contribution in [0.3, 0.4) is 0 Å². The Morgan fingerprint density at radius 3 is 2.56 bits per heavy atom. The minimum absolute atomic E-state index is 0.00835. The number of hydrogen-bond acceptors (Lipinski definition) is 10. The van der Waals surface area contributed by atoms with Gasteiger partial charge in [0.2, 0.25) is 16.0 Å². The van der Waals surface area contributed by atoms with Gasteiger partial charge >= 0.3 is 0 Å². The molecule has 0 atom stereocenters. The SMILES string of the molecule is COc1cc(N(CCN(C)C)S(C)(=O)=O)c([N+](=O)[O-])cc1Nc1nccc(-n2cc(CO)c3ccccc32)n1. The summed E-state index contributed by atoms with van der Waals surface area (Å²) in [6.45, 7) is 0.212. The van der Waals surface area contributed by atoms with E-state index in [-0.39, 0.29) is 36.2 Å². The fraction of sp³-hybridized carbons (Fsp3) is 0.280. The van der Waals surface area contributed by atoms with Gasteiger partial charge in [-0.15, -0.1) is 0 Å². The third-order valence-corrected chi connectivity index (χ3v) is 7.19. The number of hydrogen-bond donors (Lipinski definition) is 2. The lowest BCUT2D eigenvalue weighted by Crippen LogP contribution is -2.36. The molecule has 0 aliphatic rings. The molecule has 0 unspecified atom stereocenters. The van der Waals surface area contributed by atoms with E-state index in [1.54, 1.807) is 31.3 Å². The Bertz CT molecular complexity index is 1620. The third kappa shape index (κ3) is 5.92. The second-order valence-corrected chi connectivity index (χ2v) is 10.9. The quantitative estimate of drug-likeness (QED) is 0.208. The largest absolute Gasteiger partial charge is 0.494 e. The van der Waals surface area contributed by atoms with Crippen molar-refractivity contribution in [1.29, 1.82) is 0 Å². The molecule has 4 rings (SSSR count). The summed E-state index contributed by atoms with van der Waals surface area (Å²) < 4.78 is 33.4. The van der Waals surface area contributed by atoms with Gasteiger partial charge in [0.15, 0.2) is 0 Å². The molecule has 0 saturated carbocycles. The Kier molecular flexibility index (Phi) is 7.99. The fourth-order valence-corrected chi connectivity index (χ4v) is 5.07. The minimum atomic E-state index is -3.84. The number of aliphatic hydroxyl groups excluding tert-OH is 1. The second kappa shape index (κ2) is 11.2. The number of para-hydroxylation sites is 1. The molecule has 206 valence electrons. The number of aromatic nitrogens is 3. The van der Waals surface area contributed by atoms with Crippen molar-refractivity contribution in [3.8, 4) is 11.6 Å². The van der Waals surface area contributed by atoms with Crippen molar-refractivity contribution in [3.63, 3.8) is 0 Å². The van der Waals surface area contributed by atoms with Crippen LogP contribution in [0.1, 0.15) is 5.56 Å². The number of fused-ring (bicyclic) bond motifs is 1. The van der Waals surface area contributed by atoms with Crippen LogP contribution >= 0.6 is 0 Å². The van der Waals surface area contributed by atoms with E-state index in [9.17, 15) is 23.6 Å². The maximum atomic E-state index is 12.6. The van der Waals surface area contributed by atoms with Crippen LogP contribution < -0.4 is 14.4 Å². The van der Waals surface area contributed by atoms with Crippen molar-refractivity contribution in [2.24, 2.45) is 0 Å². The molecule has 0 radical (unpaired) electrons. The molecule has 2 heterocycles. The number of likely N-dealkylation sites (N-methyl/N-ethyl adjacent to an activating group) is 1. The normalized spacial score (nSPS) is 11.6. The van der Waals surface area contributed by atoms with Gasteiger partial charge in [-0.1, -0.05) is 18.2 Å². The van der Waals surface area contributed by atoms with E-state index < -0.39 is 20.6 Å². The van der Waals surface area contributed by atoms with Crippen molar-refractivity contribution in [2.75, 3.05) is 50.2 Å². The topological polar surface area (TPSA) is 156 Å². The van der Waals surface area contributed by atoms with Gasteiger partial charge in [-0.3, -0.25) is 14.4 Å². The number of benzene rings is 2. The molecule has 0 aliphatic carbocycles. The Balaban J connectivity index is 1.76. The number of nitro groups is 1. The van der Waals surface area contributed by atoms with Gasteiger partial charge < -0.3 is 24.6 Å². The van der Waals surface area contributed by atoms with E-state index in [4.69, 9.17) is 4.74 Å². The van der Waals surface area contributed by atoms with Crippen molar-refractivity contribution in [3.05, 3.63) is 70.5 Å². The number of nitro benzene ring substituents is 1. The summed E-state index contributed by atoms with van der Waals surface area (Å²) in [6, 6.07) is 11.8. The van der Waals surface area contributed by atoms with Crippen LogP contribution in [0.4, 0.5) is 23.0 Å². The van der Waals surface area contributed by atoms with Crippen LogP contribution in [0.2, 0.25) is 0 Å². The average Bonchev–Trinajstić information content (AvgIpc) is 3.27. The first-order valence-corrected chi connectivity index (χ1v) is 13.7. The smallest absolute Gasteiger partial charge is 0.295 e. The van der Waals surface area contributed by atoms with E-state index in [0.717, 1.165) is 27.0 Å². The highest BCUT2D eigenvalue weighted by Crippen LogP contribution is 2.40. The Labute approximate surface area is 225 Å². The molecule has 0 fully saturated rings. The van der Waals surface area contributed by atoms with Crippen molar-refractivity contribution in [1.82, 2.24) is 19.4 Å². The highest BCUT2D eigenvalue weighted by molar-refractivity contribution is 7.92. The van der Waals surface area contributed by atoms with E-state index >= 15 is 0 Å². The van der Waals surface area contributed by atoms with Crippen LogP contribution in [-0.4, -0.2) is 78.4 Å². The van der Waals surface area contributed by atoms with Gasteiger partial charge in [0, 0.05) is 48.6 Å². The summed E-state index contributed by atoms with van der Waals surface area (Å²) in [6.07, 6.45) is 4.31. The van der Waals surface area contributed by atoms with Crippen LogP contribution in [0, 0.1) is 10.1 Å². The molecular weight excluding hydrogens is 526 g/mol. The predicted molar refractivity (Wildman–Crippen MR) is 148 cm³/mol. The number of methoxy groups -OCH3 is 1. The molecule has 2 aromatic carbocycles. The summed E-state index contributed by atoms with van der Waals surface area (Å²) in [7, 11) is 1.09. The summed E-state index contributed by atoms with van der Waals surface area (Å²) >= 11 is 0. The first-order valence-electron chi connectivity index (χ1n) is 11.8. The van der Waals surface area contributed by atoms with Crippen LogP contribution in [0.5, 0.6) is 5.75 Å². The molecule has 0 amide bonds. The number of aliphatic hydroxyl groups is 1. The lowest BCUT2D eigenvalue weighted by Gasteiger charge is -2.25. The highest BCUT2D eigenvalue weighted by Gasteiger charge is 2.29. The average molecular weight is 556 g/mol. The molecule has 4 aromatic rings. The molecule has 2 aromatic heterocycles. The zero-order valence-corrected chi connectivity index (χ0v) is 22.7. The van der Waals surface area contributed by atoms with Gasteiger partial charge in [0.05, 0.1) is 36.1 Å². The summed E-state index contributed by atoms with van der Waals surface area (Å²) in [5.41, 5.74) is 1.21. The molecule has 14 heteroatoms. The number of anilines is 3. The lowest BCUT2D eigenvalue weighted by atomic mass is 10.2. The molecule has 0 bridgehead atoms. The third-order valence-electron chi connectivity index (χ3n) is 6.01. The standard InChI is InChI=1S/C25H29N7O6S/c1-29(2)11-12-31(39(4,36)37)21-14-23(38-3)19(13-22(21)32(34)35)27-25-26-10-9-24(28-25)30-15-17(16-33)18-7-5-6-8-20(18)30/h5-10,13-15,33H,11-12,16H2,1-4H3,(H,26,27,28). The fourth-order valence-electron chi connectivity index (χ4n) is 4.16. The second-order valence-electron chi connectivity index (χ2n) is 9.00. The zero-order valence-electron chi connectivity index (χ0n) is 21.9. The Morgan fingerprint density at radius 1 is 1.18 bits per heavy atom. The van der Waals surface area contributed by atoms with Crippen LogP contribution in [-0.2, 0) is 16.6 Å². The van der Waals surface area contributed by atoms with E-state index in [1.165, 1.54) is 25.4 Å². The lowest BCUT2D eigenvalue weighted by molar-refractivity contribution is -0.384. The van der Waals surface area contributed by atoms with E-state index in [1.807, 2.05) is 28.8 Å². The van der Waals surface area contributed by atoms with Crippen LogP contribution in [0.25, 0.3) is 16.7 Å². The molecule has 39 heavy (non-hydrogen) atoms. The molecule has 2 N–H and O–H groups in total. The Hall–Kier alpha value is -4.27. The Morgan fingerprint density at radius 2 is 1.92 bits per heavy atom. The summed E-state index contributed by atoms with van der Waals surface area (Å²) in [5, 5.41) is 25.7. The van der Waals surface area contributed by atoms with Gasteiger partial charge in [-0.2, -0.15) is 4.98 Å². The van der Waals surface area contributed by atoms with E-state index in [0.29, 0.717) is 12.4 Å². The van der Waals surface area contributed by atoms with Gasteiger partial charge in [0.1, 0.15) is 17.3 Å². The number of rotatable bonds is 11. The van der Waals surface area contributed by atoms with Gasteiger partial charge in [-0.05, 0) is 26.2 Å². The van der Waals surface area contributed by atoms with Crippen molar-refractivity contribution < 1.29 is 23.2 Å².